The van der Waals surface area contributed by atoms with Crippen LogP contribution in [0.1, 0.15) is 94.1 Å². The first-order chi connectivity index (χ1) is 21.7. The maximum atomic E-state index is 11.4. The van der Waals surface area contributed by atoms with Gasteiger partial charge in [0.05, 0.1) is 11.2 Å². The summed E-state index contributed by atoms with van der Waals surface area (Å²) in [7, 11) is 0. The lowest BCUT2D eigenvalue weighted by molar-refractivity contribution is -0.0326. The summed E-state index contributed by atoms with van der Waals surface area (Å²) in [5, 5.41) is 30.4. The van der Waals surface area contributed by atoms with Crippen molar-refractivity contribution in [2.75, 3.05) is 58.9 Å². The zero-order chi connectivity index (χ0) is 31.7. The number of nitrogens with one attached hydrogen (secondary N) is 2. The van der Waals surface area contributed by atoms with E-state index in [4.69, 9.17) is 11.6 Å². The molecule has 45 heavy (non-hydrogen) atoms. The molecule has 4 aliphatic rings. The second kappa shape index (κ2) is 16.9. The van der Waals surface area contributed by atoms with Gasteiger partial charge in [-0.05, 0) is 68.0 Å². The summed E-state index contributed by atoms with van der Waals surface area (Å²) >= 11 is 9.83. The number of nitrogens with zero attached hydrogens (tertiary/aromatic N) is 2. The Hall–Kier alpha value is -1.03. The van der Waals surface area contributed by atoms with Crippen LogP contribution in [0.2, 0.25) is 5.02 Å². The van der Waals surface area contributed by atoms with E-state index >= 15 is 0 Å². The van der Waals surface area contributed by atoms with Gasteiger partial charge in [0.25, 0.3) is 0 Å². The highest BCUT2D eigenvalue weighted by Gasteiger charge is 2.41. The van der Waals surface area contributed by atoms with Crippen molar-refractivity contribution in [2.24, 2.45) is 0 Å². The molecular weight excluding hydrogens is 648 g/mol. The molecule has 0 spiro atoms. The number of rotatable bonds is 8. The molecule has 0 amide bonds. The highest BCUT2D eigenvalue weighted by molar-refractivity contribution is 9.10. The monoisotopic (exact) mass is 702 g/mol. The first-order valence-electron chi connectivity index (χ1n) is 17.6. The molecular formula is C37H56BrClN4O2. The Morgan fingerprint density at radius 3 is 1.87 bits per heavy atom. The summed E-state index contributed by atoms with van der Waals surface area (Å²) in [6.07, 6.45) is 10.8. The zero-order valence-electron chi connectivity index (χ0n) is 27.3. The quantitative estimate of drug-likeness (QED) is 0.250. The minimum absolute atomic E-state index is 0.145. The van der Waals surface area contributed by atoms with Crippen LogP contribution in [0.3, 0.4) is 0 Å². The second-order valence-electron chi connectivity index (χ2n) is 14.2. The minimum atomic E-state index is -0.586. The largest absolute Gasteiger partial charge is 0.389 e. The molecule has 2 unspecified atom stereocenters. The van der Waals surface area contributed by atoms with Crippen LogP contribution in [0, 0.1) is 0 Å². The lowest BCUT2D eigenvalue weighted by Crippen LogP contribution is -2.52. The van der Waals surface area contributed by atoms with Crippen LogP contribution in [0.15, 0.2) is 53.0 Å². The number of piperazine rings is 2. The van der Waals surface area contributed by atoms with Crippen molar-refractivity contribution < 1.29 is 10.2 Å². The van der Waals surface area contributed by atoms with E-state index < -0.39 is 11.2 Å². The number of aliphatic hydroxyl groups is 2. The molecule has 0 radical (unpaired) electrons. The summed E-state index contributed by atoms with van der Waals surface area (Å²) in [5.74, 6) is 0.357. The van der Waals surface area contributed by atoms with Crippen molar-refractivity contribution in [1.29, 1.82) is 0 Å². The Morgan fingerprint density at radius 1 is 0.778 bits per heavy atom. The molecule has 2 saturated carbocycles. The van der Waals surface area contributed by atoms with Gasteiger partial charge in [0.1, 0.15) is 0 Å². The molecule has 2 aromatic carbocycles. The van der Waals surface area contributed by atoms with Gasteiger partial charge in [-0.1, -0.05) is 90.3 Å². The molecule has 2 saturated heterocycles. The third kappa shape index (κ3) is 9.99. The molecule has 8 heteroatoms. The topological polar surface area (TPSA) is 71.0 Å². The molecule has 6 rings (SSSR count). The van der Waals surface area contributed by atoms with Gasteiger partial charge in [-0.3, -0.25) is 4.90 Å². The average Bonchev–Trinajstić information content (AvgIpc) is 3.04. The van der Waals surface area contributed by atoms with E-state index in [1.54, 1.807) is 0 Å². The summed E-state index contributed by atoms with van der Waals surface area (Å²) in [5.41, 5.74) is 1.34. The van der Waals surface area contributed by atoms with Crippen molar-refractivity contribution in [3.63, 3.8) is 0 Å². The molecule has 0 aromatic heterocycles. The van der Waals surface area contributed by atoms with E-state index in [-0.39, 0.29) is 11.8 Å². The molecule has 2 heterocycles. The van der Waals surface area contributed by atoms with E-state index in [1.165, 1.54) is 24.0 Å². The molecule has 6 nitrogen and oxygen atoms in total. The first kappa shape index (κ1) is 35.3. The van der Waals surface area contributed by atoms with E-state index in [1.807, 2.05) is 18.2 Å². The zero-order valence-corrected chi connectivity index (χ0v) is 29.7. The van der Waals surface area contributed by atoms with E-state index in [9.17, 15) is 10.2 Å². The van der Waals surface area contributed by atoms with Crippen LogP contribution in [0.25, 0.3) is 0 Å². The fraction of sp³-hybridized carbons (Fsp3) is 0.676. The maximum Gasteiger partial charge on any atom is 0.0728 e. The fourth-order valence-corrected chi connectivity index (χ4v) is 8.85. The Morgan fingerprint density at radius 2 is 1.31 bits per heavy atom. The highest BCUT2D eigenvalue weighted by atomic mass is 79.9. The summed E-state index contributed by atoms with van der Waals surface area (Å²) < 4.78 is 1.11. The van der Waals surface area contributed by atoms with Crippen molar-refractivity contribution in [3.8, 4) is 0 Å². The van der Waals surface area contributed by atoms with Gasteiger partial charge in [-0.15, -0.1) is 0 Å². The maximum absolute atomic E-state index is 11.4. The Bertz CT molecular complexity index is 1180. The van der Waals surface area contributed by atoms with Crippen molar-refractivity contribution in [1.82, 2.24) is 20.4 Å². The molecule has 250 valence electrons. The SMILES string of the molecule is C[C@H]1CN(CC(c2cccc(Cl)c2)C2(O)CCCCC2)CCN1.OC1(C(CN2CCNCC2)c2cccc(Br)c2)CCCCC1. The van der Waals surface area contributed by atoms with Crippen LogP contribution in [0.4, 0.5) is 0 Å². The Balaban J connectivity index is 0.000000178. The number of benzene rings is 2. The van der Waals surface area contributed by atoms with Crippen molar-refractivity contribution >= 4 is 27.5 Å². The Labute approximate surface area is 285 Å². The van der Waals surface area contributed by atoms with Gasteiger partial charge in [-0.25, -0.2) is 0 Å². The van der Waals surface area contributed by atoms with Crippen LogP contribution < -0.4 is 10.6 Å². The molecule has 3 atom stereocenters. The van der Waals surface area contributed by atoms with Crippen molar-refractivity contribution in [3.05, 3.63) is 69.2 Å². The lowest BCUT2D eigenvalue weighted by Gasteiger charge is -2.43. The van der Waals surface area contributed by atoms with Crippen molar-refractivity contribution in [2.45, 2.75) is 100 Å². The van der Waals surface area contributed by atoms with Gasteiger partial charge < -0.3 is 25.7 Å². The highest BCUT2D eigenvalue weighted by Crippen LogP contribution is 2.42. The number of halogens is 2. The molecule has 4 fully saturated rings. The number of hydrogen-bond acceptors (Lipinski definition) is 6. The predicted molar refractivity (Wildman–Crippen MR) is 190 cm³/mol. The summed E-state index contributed by atoms with van der Waals surface area (Å²) in [4.78, 5) is 5.01. The molecule has 2 aliphatic carbocycles. The van der Waals surface area contributed by atoms with Crippen LogP contribution in [0.5, 0.6) is 0 Å². The third-order valence-corrected chi connectivity index (χ3v) is 11.5. The third-order valence-electron chi connectivity index (χ3n) is 10.8. The second-order valence-corrected chi connectivity index (χ2v) is 15.6. The standard InChI is InChI=1S/C19H29ClN2O.C18H27BrN2O/c1-15-13-22(11-10-21-15)14-18(16-6-5-7-17(20)12-16)19(23)8-3-2-4-9-19;19-16-6-4-5-15(13-16)17(14-21-11-9-20-10-12-21)18(22)7-2-1-3-8-18/h5-7,12,15,18,21,23H,2-4,8-11,13-14H2,1H3;4-6,13,17,20,22H,1-3,7-12,14H2/t15-,18?;/m0./s1. The lowest BCUT2D eigenvalue weighted by atomic mass is 9.72. The summed E-state index contributed by atoms with van der Waals surface area (Å²) in [6, 6.07) is 17.2. The first-order valence-corrected chi connectivity index (χ1v) is 18.8. The van der Waals surface area contributed by atoms with Gasteiger partial charge in [-0.2, -0.15) is 0 Å². The Kier molecular flexibility index (Phi) is 13.2. The average molecular weight is 704 g/mol. The predicted octanol–water partition coefficient (Wildman–Crippen LogP) is 6.55. The van der Waals surface area contributed by atoms with Crippen LogP contribution in [-0.2, 0) is 0 Å². The van der Waals surface area contributed by atoms with E-state index in [2.05, 4.69) is 73.6 Å². The fourth-order valence-electron chi connectivity index (χ4n) is 8.23. The molecule has 2 aliphatic heterocycles. The minimum Gasteiger partial charge on any atom is -0.389 e. The smallest absolute Gasteiger partial charge is 0.0728 e. The summed E-state index contributed by atoms with van der Waals surface area (Å²) in [6.45, 7) is 11.5. The number of hydrogen-bond donors (Lipinski definition) is 4. The van der Waals surface area contributed by atoms with Crippen LogP contribution in [-0.4, -0.2) is 96.2 Å². The molecule has 2 aromatic rings. The molecule has 4 N–H and O–H groups in total. The van der Waals surface area contributed by atoms with Gasteiger partial charge in [0, 0.05) is 86.3 Å². The van der Waals surface area contributed by atoms with E-state index in [0.717, 1.165) is 120 Å². The van der Waals surface area contributed by atoms with Gasteiger partial charge in [0.2, 0.25) is 0 Å². The van der Waals surface area contributed by atoms with Crippen LogP contribution >= 0.6 is 27.5 Å². The van der Waals surface area contributed by atoms with Gasteiger partial charge >= 0.3 is 0 Å². The van der Waals surface area contributed by atoms with Gasteiger partial charge in [0.15, 0.2) is 0 Å². The molecule has 0 bridgehead atoms. The normalized spacial score (nSPS) is 25.5. The van der Waals surface area contributed by atoms with E-state index in [0.29, 0.717) is 6.04 Å².